The second-order valence-corrected chi connectivity index (χ2v) is 16.2. The first-order valence-electron chi connectivity index (χ1n) is 19.9. The van der Waals surface area contributed by atoms with Crippen LogP contribution in [-0.4, -0.2) is 74.7 Å². The summed E-state index contributed by atoms with van der Waals surface area (Å²) < 4.78 is 0. The molecule has 54 heavy (non-hydrogen) atoms. The zero-order valence-electron chi connectivity index (χ0n) is 30.9. The molecule has 10 heteroatoms. The maximum Gasteiger partial charge on any atom is 0.314 e. The third kappa shape index (κ3) is 6.95. The van der Waals surface area contributed by atoms with Gasteiger partial charge in [0.05, 0.1) is 17.0 Å². The van der Waals surface area contributed by atoms with E-state index < -0.39 is 17.5 Å². The van der Waals surface area contributed by atoms with Crippen LogP contribution in [0.3, 0.4) is 0 Å². The number of nitrogens with one attached hydrogen (secondary N) is 2. The highest BCUT2D eigenvalue weighted by molar-refractivity contribution is 5.98. The van der Waals surface area contributed by atoms with E-state index in [0.717, 1.165) is 86.8 Å². The Bertz CT molecular complexity index is 2090. The number of carboxylic acids is 1. The average molecular weight is 733 g/mol. The number of phenols is 1. The number of aliphatic hydroxyl groups is 1. The minimum Gasteiger partial charge on any atom is -0.506 e. The number of piperidine rings is 3. The summed E-state index contributed by atoms with van der Waals surface area (Å²) in [7, 11) is 0. The lowest BCUT2D eigenvalue weighted by Gasteiger charge is -2.53. The largest absolute Gasteiger partial charge is 0.506 e. The topological polar surface area (TPSA) is 146 Å². The van der Waals surface area contributed by atoms with Gasteiger partial charge in [0.25, 0.3) is 5.91 Å². The van der Waals surface area contributed by atoms with Crippen LogP contribution in [0.1, 0.15) is 95.6 Å². The van der Waals surface area contributed by atoms with Crippen LogP contribution < -0.4 is 10.9 Å². The van der Waals surface area contributed by atoms with Crippen LogP contribution in [0.25, 0.3) is 10.9 Å². The molecule has 4 aromatic rings. The van der Waals surface area contributed by atoms with E-state index in [9.17, 15) is 29.7 Å². The number of unbranched alkanes of at least 4 members (excludes halogenated alkanes) is 1. The molecule has 3 unspecified atom stereocenters. The monoisotopic (exact) mass is 732 g/mol. The van der Waals surface area contributed by atoms with Crippen LogP contribution in [0.2, 0.25) is 0 Å². The van der Waals surface area contributed by atoms with E-state index in [1.807, 2.05) is 17.0 Å². The first-order valence-corrected chi connectivity index (χ1v) is 19.9. The molecule has 1 saturated carbocycles. The molecule has 5 N–H and O–H groups in total. The number of hydrogen-bond donors (Lipinski definition) is 5. The molecule has 3 aromatic carbocycles. The van der Waals surface area contributed by atoms with Crippen molar-refractivity contribution in [1.82, 2.24) is 20.1 Å². The fourth-order valence-electron chi connectivity index (χ4n) is 10.4. The van der Waals surface area contributed by atoms with Gasteiger partial charge in [0.1, 0.15) is 5.75 Å². The van der Waals surface area contributed by atoms with Gasteiger partial charge in [-0.2, -0.15) is 0 Å². The quantitative estimate of drug-likeness (QED) is 0.107. The minimum atomic E-state index is -0.856. The van der Waals surface area contributed by atoms with Crippen LogP contribution >= 0.6 is 0 Å². The Balaban J connectivity index is 0.849. The summed E-state index contributed by atoms with van der Waals surface area (Å²) in [6.45, 7) is 5.39. The standard InChI is InChI=1S/C44H52N4O6/c49-38-14-12-34(35-13-15-40(51)46-41(35)38)39(50)25-45-24-29-10-11-33-31(22-29)26-48(42(33)52)19-4-2-6-28-7-5-8-32(23-28)44(43(53)54)18-3-1-9-37(44)36-27-47-20-16-30(36)17-21-47/h5,7-8,10-15,22-23,30,36-37,39,45,49-50H,1-4,6,9,16-21,24-27H2,(H,46,51)(H,53,54)/t36?,37?,39-,44?/m0/s1. The second kappa shape index (κ2) is 15.3. The van der Waals surface area contributed by atoms with Gasteiger partial charge in [0.2, 0.25) is 5.56 Å². The van der Waals surface area contributed by atoms with E-state index in [4.69, 9.17) is 0 Å². The number of aromatic amines is 1. The summed E-state index contributed by atoms with van der Waals surface area (Å²) in [6, 6.07) is 20.5. The lowest BCUT2D eigenvalue weighted by atomic mass is 9.55. The van der Waals surface area contributed by atoms with Gasteiger partial charge in [-0.3, -0.25) is 14.4 Å². The van der Waals surface area contributed by atoms with Gasteiger partial charge in [-0.1, -0.05) is 55.3 Å². The van der Waals surface area contributed by atoms with Gasteiger partial charge < -0.3 is 35.4 Å². The Kier molecular flexibility index (Phi) is 10.3. The zero-order valence-corrected chi connectivity index (χ0v) is 30.9. The molecule has 0 radical (unpaired) electrons. The van der Waals surface area contributed by atoms with Crippen LogP contribution in [0.5, 0.6) is 5.75 Å². The number of benzene rings is 3. The second-order valence-electron chi connectivity index (χ2n) is 16.2. The Labute approximate surface area is 316 Å². The summed E-state index contributed by atoms with van der Waals surface area (Å²) in [5.74, 6) is 0.651. The molecule has 0 spiro atoms. The molecule has 5 heterocycles. The molecule has 1 aromatic heterocycles. The van der Waals surface area contributed by atoms with Gasteiger partial charge in [0, 0.05) is 49.7 Å². The smallest absolute Gasteiger partial charge is 0.314 e. The normalized spacial score (nSPS) is 25.6. The number of aliphatic hydroxyl groups excluding tert-OH is 1. The number of H-pyrrole nitrogens is 1. The molecule has 5 aliphatic rings. The highest BCUT2D eigenvalue weighted by Crippen LogP contribution is 2.52. The maximum atomic E-state index is 13.3. The van der Waals surface area contributed by atoms with Crippen molar-refractivity contribution in [3.8, 4) is 5.75 Å². The molecular formula is C44H52N4O6. The summed E-state index contributed by atoms with van der Waals surface area (Å²) >= 11 is 0. The number of phenolic OH excluding ortho intramolecular Hbond substituents is 1. The number of rotatable bonds is 13. The number of fused-ring (bicyclic) bond motifs is 5. The van der Waals surface area contributed by atoms with Crippen molar-refractivity contribution in [3.05, 3.63) is 110 Å². The first-order chi connectivity index (χ1) is 26.2. The zero-order chi connectivity index (χ0) is 37.4. The number of carboxylic acid groups (broad SMARTS) is 1. The lowest BCUT2D eigenvalue weighted by molar-refractivity contribution is -0.151. The molecule has 284 valence electrons. The molecular weight excluding hydrogens is 681 g/mol. The highest BCUT2D eigenvalue weighted by atomic mass is 16.4. The van der Waals surface area contributed by atoms with Crippen LogP contribution in [0.4, 0.5) is 0 Å². The van der Waals surface area contributed by atoms with Gasteiger partial charge in [0.15, 0.2) is 0 Å². The summed E-state index contributed by atoms with van der Waals surface area (Å²) in [6.07, 6.45) is 7.99. The summed E-state index contributed by atoms with van der Waals surface area (Å²) in [4.78, 5) is 45.5. The van der Waals surface area contributed by atoms with E-state index in [1.54, 1.807) is 12.1 Å². The van der Waals surface area contributed by atoms with Gasteiger partial charge in [-0.25, -0.2) is 0 Å². The Morgan fingerprint density at radius 1 is 0.963 bits per heavy atom. The number of pyridine rings is 1. The third-order valence-corrected chi connectivity index (χ3v) is 13.1. The number of amides is 1. The van der Waals surface area contributed by atoms with Gasteiger partial charge in [-0.05, 0) is 122 Å². The van der Waals surface area contributed by atoms with Crippen molar-refractivity contribution < 1.29 is 24.9 Å². The molecule has 1 amide bonds. The van der Waals surface area contributed by atoms with E-state index >= 15 is 0 Å². The number of aromatic hydroxyl groups is 1. The van der Waals surface area contributed by atoms with Crippen LogP contribution in [-0.2, 0) is 29.7 Å². The number of aromatic nitrogens is 1. The maximum absolute atomic E-state index is 13.3. The van der Waals surface area contributed by atoms with E-state index in [0.29, 0.717) is 47.9 Å². The molecule has 10 nitrogen and oxygen atoms in total. The number of carbonyl (C=O) groups excluding carboxylic acids is 1. The van der Waals surface area contributed by atoms with E-state index in [1.165, 1.54) is 30.5 Å². The number of nitrogens with zero attached hydrogens (tertiary/aromatic N) is 2. The van der Waals surface area contributed by atoms with Crippen LogP contribution in [0.15, 0.2) is 71.5 Å². The summed E-state index contributed by atoms with van der Waals surface area (Å²) in [5.41, 5.74) is 4.70. The fraction of sp³-hybridized carbons (Fsp3) is 0.477. The molecule has 3 saturated heterocycles. The van der Waals surface area contributed by atoms with Gasteiger partial charge in [-0.15, -0.1) is 0 Å². The highest BCUT2D eigenvalue weighted by Gasteiger charge is 2.54. The minimum absolute atomic E-state index is 0.0454. The number of aryl methyl sites for hydroxylation is 1. The Hall–Kier alpha value is -4.51. The predicted molar refractivity (Wildman–Crippen MR) is 207 cm³/mol. The molecule has 2 bridgehead atoms. The van der Waals surface area contributed by atoms with Crippen molar-refractivity contribution in [2.75, 3.05) is 32.7 Å². The van der Waals surface area contributed by atoms with Crippen LogP contribution in [0, 0.1) is 17.8 Å². The predicted octanol–water partition coefficient (Wildman–Crippen LogP) is 5.89. The molecule has 1 aliphatic carbocycles. The first kappa shape index (κ1) is 36.5. The van der Waals surface area contributed by atoms with Crippen molar-refractivity contribution in [3.63, 3.8) is 0 Å². The Morgan fingerprint density at radius 2 is 1.81 bits per heavy atom. The van der Waals surface area contributed by atoms with E-state index in [2.05, 4.69) is 45.5 Å². The number of carbonyl (C=O) groups is 2. The van der Waals surface area contributed by atoms with Crippen molar-refractivity contribution in [1.29, 1.82) is 0 Å². The SMILES string of the molecule is O=C1c2ccc(CNC[C@H](O)c3ccc(O)c4[nH]c(=O)ccc34)cc2CN1CCCCc1cccc(C2(C(=O)O)CCCCC2C2CN3CCC2CC3)c1. The van der Waals surface area contributed by atoms with E-state index in [-0.39, 0.29) is 29.7 Å². The number of aliphatic carboxylic acids is 1. The van der Waals surface area contributed by atoms with Crippen molar-refractivity contribution >= 4 is 22.8 Å². The van der Waals surface area contributed by atoms with Crippen molar-refractivity contribution in [2.24, 2.45) is 17.8 Å². The third-order valence-electron chi connectivity index (χ3n) is 13.1. The lowest BCUT2D eigenvalue weighted by Crippen LogP contribution is -2.56. The molecule has 4 atom stereocenters. The molecule has 4 fully saturated rings. The molecule has 9 rings (SSSR count). The molecule has 4 aliphatic heterocycles. The Morgan fingerprint density at radius 3 is 2.61 bits per heavy atom. The average Bonchev–Trinajstić information content (AvgIpc) is 3.51. The number of hydrogen-bond acceptors (Lipinski definition) is 7. The van der Waals surface area contributed by atoms with Crippen molar-refractivity contribution in [2.45, 2.75) is 82.4 Å². The summed E-state index contributed by atoms with van der Waals surface area (Å²) in [5, 5.41) is 35.9. The fourth-order valence-corrected chi connectivity index (χ4v) is 10.4. The van der Waals surface area contributed by atoms with Gasteiger partial charge >= 0.3 is 5.97 Å².